The summed E-state index contributed by atoms with van der Waals surface area (Å²) < 4.78 is 0. The molecule has 0 radical (unpaired) electrons. The van der Waals surface area contributed by atoms with Crippen LogP contribution in [0.5, 0.6) is 5.75 Å². The van der Waals surface area contributed by atoms with Crippen molar-refractivity contribution >= 4 is 33.7 Å². The van der Waals surface area contributed by atoms with E-state index in [0.717, 1.165) is 21.7 Å². The Morgan fingerprint density at radius 1 is 0.875 bits per heavy atom. The summed E-state index contributed by atoms with van der Waals surface area (Å²) in [5.74, 6) is 0.809. The highest BCUT2D eigenvalue weighted by Gasteiger charge is 2.05. The van der Waals surface area contributed by atoms with Crippen LogP contribution in [0.1, 0.15) is 5.56 Å². The molecule has 116 valence electrons. The third-order valence-corrected chi connectivity index (χ3v) is 3.85. The van der Waals surface area contributed by atoms with Gasteiger partial charge in [0.15, 0.2) is 5.82 Å². The van der Waals surface area contributed by atoms with Crippen LogP contribution in [0.3, 0.4) is 0 Å². The van der Waals surface area contributed by atoms with Crippen LogP contribution in [-0.2, 0) is 0 Å². The first-order valence-corrected chi connectivity index (χ1v) is 7.52. The highest BCUT2D eigenvalue weighted by Crippen LogP contribution is 2.25. The standard InChI is InChI=1S/C19H14N4O/c24-18-10-9-13-5-1-2-6-14(13)16(18)11-22-23-19-15-7-3-4-8-17(15)20-12-21-19/h1-12,24H,(H,20,21,23)/b22-11+. The second-order valence-electron chi connectivity index (χ2n) is 5.33. The van der Waals surface area contributed by atoms with Gasteiger partial charge in [0.05, 0.1) is 11.7 Å². The van der Waals surface area contributed by atoms with Crippen molar-refractivity contribution in [2.75, 3.05) is 5.43 Å². The molecular weight excluding hydrogens is 300 g/mol. The summed E-state index contributed by atoms with van der Waals surface area (Å²) >= 11 is 0. The Morgan fingerprint density at radius 2 is 1.67 bits per heavy atom. The predicted molar refractivity (Wildman–Crippen MR) is 96.4 cm³/mol. The molecular formula is C19H14N4O. The van der Waals surface area contributed by atoms with Gasteiger partial charge < -0.3 is 5.11 Å². The Kier molecular flexibility index (Phi) is 3.51. The second kappa shape index (κ2) is 5.96. The van der Waals surface area contributed by atoms with Gasteiger partial charge in [0.1, 0.15) is 12.1 Å². The number of nitrogens with zero attached hydrogens (tertiary/aromatic N) is 3. The summed E-state index contributed by atoms with van der Waals surface area (Å²) in [6, 6.07) is 19.1. The van der Waals surface area contributed by atoms with E-state index < -0.39 is 0 Å². The van der Waals surface area contributed by atoms with Crippen LogP contribution in [0.25, 0.3) is 21.7 Å². The molecule has 0 atom stereocenters. The molecule has 0 spiro atoms. The minimum absolute atomic E-state index is 0.187. The first-order chi connectivity index (χ1) is 11.8. The van der Waals surface area contributed by atoms with Gasteiger partial charge in [-0.3, -0.25) is 5.43 Å². The molecule has 0 saturated heterocycles. The molecule has 3 aromatic carbocycles. The molecule has 2 N–H and O–H groups in total. The van der Waals surface area contributed by atoms with Crippen LogP contribution in [0.4, 0.5) is 5.82 Å². The van der Waals surface area contributed by atoms with Gasteiger partial charge in [-0.25, -0.2) is 9.97 Å². The number of aromatic hydroxyl groups is 1. The van der Waals surface area contributed by atoms with E-state index in [-0.39, 0.29) is 5.75 Å². The molecule has 4 aromatic rings. The summed E-state index contributed by atoms with van der Waals surface area (Å²) in [4.78, 5) is 8.44. The zero-order valence-electron chi connectivity index (χ0n) is 12.7. The van der Waals surface area contributed by atoms with Crippen LogP contribution >= 0.6 is 0 Å². The number of para-hydroxylation sites is 1. The minimum atomic E-state index is 0.187. The number of hydrazone groups is 1. The van der Waals surface area contributed by atoms with Gasteiger partial charge in [-0.1, -0.05) is 42.5 Å². The average Bonchev–Trinajstić information content (AvgIpc) is 2.64. The molecule has 0 bridgehead atoms. The van der Waals surface area contributed by atoms with E-state index in [1.54, 1.807) is 12.3 Å². The molecule has 0 amide bonds. The van der Waals surface area contributed by atoms with Crippen LogP contribution < -0.4 is 5.43 Å². The monoisotopic (exact) mass is 314 g/mol. The number of benzene rings is 3. The normalized spacial score (nSPS) is 11.3. The molecule has 5 heteroatoms. The molecule has 5 nitrogen and oxygen atoms in total. The maximum atomic E-state index is 10.1. The highest BCUT2D eigenvalue weighted by molar-refractivity contribution is 6.02. The molecule has 0 aliphatic heterocycles. The summed E-state index contributed by atoms with van der Waals surface area (Å²) in [7, 11) is 0. The van der Waals surface area contributed by atoms with Crippen LogP contribution in [0.2, 0.25) is 0 Å². The first-order valence-electron chi connectivity index (χ1n) is 7.52. The Labute approximate surface area is 138 Å². The molecule has 1 heterocycles. The number of nitrogens with one attached hydrogen (secondary N) is 1. The number of phenols is 1. The number of hydrogen-bond donors (Lipinski definition) is 2. The molecule has 4 rings (SSSR count). The summed E-state index contributed by atoms with van der Waals surface area (Å²) in [6.07, 6.45) is 3.10. The third-order valence-electron chi connectivity index (χ3n) is 3.85. The fourth-order valence-electron chi connectivity index (χ4n) is 2.67. The van der Waals surface area contributed by atoms with Gasteiger partial charge in [0, 0.05) is 10.9 Å². The van der Waals surface area contributed by atoms with E-state index in [4.69, 9.17) is 0 Å². The lowest BCUT2D eigenvalue weighted by Gasteiger charge is -2.06. The van der Waals surface area contributed by atoms with Gasteiger partial charge in [0.25, 0.3) is 0 Å². The van der Waals surface area contributed by atoms with E-state index in [1.807, 2.05) is 54.6 Å². The summed E-state index contributed by atoms with van der Waals surface area (Å²) in [5, 5.41) is 17.3. The fourth-order valence-corrected chi connectivity index (χ4v) is 2.67. The molecule has 0 unspecified atom stereocenters. The SMILES string of the molecule is Oc1ccc2ccccc2c1/C=N/Nc1ncnc2ccccc12. The third kappa shape index (κ3) is 2.52. The zero-order chi connectivity index (χ0) is 16.4. The minimum Gasteiger partial charge on any atom is -0.507 e. The molecule has 0 aliphatic carbocycles. The first kappa shape index (κ1) is 14.1. The van der Waals surface area contributed by atoms with Crippen molar-refractivity contribution < 1.29 is 5.11 Å². The lowest BCUT2D eigenvalue weighted by molar-refractivity contribution is 0.475. The van der Waals surface area contributed by atoms with E-state index in [2.05, 4.69) is 20.5 Å². The topological polar surface area (TPSA) is 70.4 Å². The van der Waals surface area contributed by atoms with E-state index in [0.29, 0.717) is 11.4 Å². The van der Waals surface area contributed by atoms with Crippen molar-refractivity contribution in [1.29, 1.82) is 0 Å². The van der Waals surface area contributed by atoms with Crippen molar-refractivity contribution in [2.45, 2.75) is 0 Å². The van der Waals surface area contributed by atoms with E-state index in [9.17, 15) is 5.11 Å². The quantitative estimate of drug-likeness (QED) is 0.444. The number of phenolic OH excluding ortho intramolecular Hbond substituents is 1. The predicted octanol–water partition coefficient (Wildman–Crippen LogP) is 3.93. The smallest absolute Gasteiger partial charge is 0.157 e. The summed E-state index contributed by atoms with van der Waals surface area (Å²) in [5.41, 5.74) is 4.45. The number of fused-ring (bicyclic) bond motifs is 2. The van der Waals surface area contributed by atoms with Crippen LogP contribution in [0.15, 0.2) is 72.1 Å². The van der Waals surface area contributed by atoms with Crippen molar-refractivity contribution in [3.05, 3.63) is 72.6 Å². The maximum absolute atomic E-state index is 10.1. The highest BCUT2D eigenvalue weighted by atomic mass is 16.3. The van der Waals surface area contributed by atoms with Gasteiger partial charge in [-0.2, -0.15) is 5.10 Å². The Hall–Kier alpha value is -3.47. The number of anilines is 1. The molecule has 0 fully saturated rings. The molecule has 24 heavy (non-hydrogen) atoms. The van der Waals surface area contributed by atoms with E-state index >= 15 is 0 Å². The van der Waals surface area contributed by atoms with Gasteiger partial charge in [0.2, 0.25) is 0 Å². The Morgan fingerprint density at radius 3 is 2.58 bits per heavy atom. The second-order valence-corrected chi connectivity index (χ2v) is 5.33. The van der Waals surface area contributed by atoms with Gasteiger partial charge in [-0.15, -0.1) is 0 Å². The van der Waals surface area contributed by atoms with Crippen molar-refractivity contribution in [3.63, 3.8) is 0 Å². The lowest BCUT2D eigenvalue weighted by Crippen LogP contribution is -1.96. The van der Waals surface area contributed by atoms with Gasteiger partial charge >= 0.3 is 0 Å². The van der Waals surface area contributed by atoms with Gasteiger partial charge in [-0.05, 0) is 29.0 Å². The Balaban J connectivity index is 1.70. The van der Waals surface area contributed by atoms with Crippen molar-refractivity contribution in [2.24, 2.45) is 5.10 Å². The van der Waals surface area contributed by atoms with Crippen LogP contribution in [-0.4, -0.2) is 21.3 Å². The molecule has 0 aliphatic rings. The van der Waals surface area contributed by atoms with Crippen LogP contribution in [0, 0.1) is 0 Å². The van der Waals surface area contributed by atoms with Crippen molar-refractivity contribution in [1.82, 2.24) is 9.97 Å². The lowest BCUT2D eigenvalue weighted by atomic mass is 10.0. The molecule has 0 saturated carbocycles. The fraction of sp³-hybridized carbons (Fsp3) is 0. The van der Waals surface area contributed by atoms with Crippen molar-refractivity contribution in [3.8, 4) is 5.75 Å². The van der Waals surface area contributed by atoms with E-state index in [1.165, 1.54) is 6.33 Å². The number of rotatable bonds is 3. The maximum Gasteiger partial charge on any atom is 0.157 e. The number of aromatic nitrogens is 2. The zero-order valence-corrected chi connectivity index (χ0v) is 12.7. The summed E-state index contributed by atoms with van der Waals surface area (Å²) in [6.45, 7) is 0. The largest absolute Gasteiger partial charge is 0.507 e. The molecule has 1 aromatic heterocycles. The number of hydrogen-bond acceptors (Lipinski definition) is 5. The average molecular weight is 314 g/mol. The Bertz CT molecular complexity index is 1050.